The Hall–Kier alpha value is -0.990. The number of hydrogen-bond acceptors (Lipinski definition) is 3. The Morgan fingerprint density at radius 1 is 0.710 bits per heavy atom. The molecule has 1 unspecified atom stereocenters. The van der Waals surface area contributed by atoms with E-state index in [-0.39, 0.29) is 6.10 Å². The predicted molar refractivity (Wildman–Crippen MR) is 135 cm³/mol. The zero-order valence-electron chi connectivity index (χ0n) is 21.5. The first-order chi connectivity index (χ1) is 15.1. The number of hydrogen-bond donors (Lipinski definition) is 0. The van der Waals surface area contributed by atoms with Crippen LogP contribution in [0.25, 0.3) is 0 Å². The second-order valence-corrected chi connectivity index (χ2v) is 9.57. The van der Waals surface area contributed by atoms with Gasteiger partial charge in [-0.3, -0.25) is 0 Å². The van der Waals surface area contributed by atoms with E-state index in [9.17, 15) is 4.79 Å². The van der Waals surface area contributed by atoms with Crippen LogP contribution in [0.15, 0.2) is 12.2 Å². The minimum absolute atomic E-state index is 0.145. The summed E-state index contributed by atoms with van der Waals surface area (Å²) in [6.45, 7) is 9.02. The van der Waals surface area contributed by atoms with Gasteiger partial charge < -0.3 is 9.47 Å². The molecule has 184 valence electrons. The molecule has 0 aromatic rings. The second kappa shape index (κ2) is 23.7. The van der Waals surface area contributed by atoms with E-state index in [0.717, 1.165) is 19.3 Å². The van der Waals surface area contributed by atoms with Gasteiger partial charge in [0.05, 0.1) is 6.61 Å². The Bertz CT molecular complexity index is 403. The molecule has 0 aromatic heterocycles. The molecule has 31 heavy (non-hydrogen) atoms. The molecule has 1 atom stereocenters. The van der Waals surface area contributed by atoms with Gasteiger partial charge in [-0.05, 0) is 37.7 Å². The van der Waals surface area contributed by atoms with Crippen LogP contribution in [0.1, 0.15) is 143 Å². The Morgan fingerprint density at radius 3 is 1.71 bits per heavy atom. The molecule has 0 aliphatic carbocycles. The summed E-state index contributed by atoms with van der Waals surface area (Å²) in [6.07, 6.45) is 26.7. The predicted octanol–water partition coefficient (Wildman–Crippen LogP) is 9.78. The molecule has 0 amide bonds. The molecule has 0 aliphatic heterocycles. The van der Waals surface area contributed by atoms with Crippen LogP contribution in [0.3, 0.4) is 0 Å². The van der Waals surface area contributed by atoms with Crippen molar-refractivity contribution in [3.8, 4) is 0 Å². The van der Waals surface area contributed by atoms with E-state index in [1.54, 1.807) is 0 Å². The molecule has 0 aromatic carbocycles. The Kier molecular flexibility index (Phi) is 22.9. The molecule has 0 heterocycles. The highest BCUT2D eigenvalue weighted by Crippen LogP contribution is 2.15. The van der Waals surface area contributed by atoms with Crippen molar-refractivity contribution in [3.05, 3.63) is 12.2 Å². The third-order valence-corrected chi connectivity index (χ3v) is 5.70. The van der Waals surface area contributed by atoms with Gasteiger partial charge in [-0.25, -0.2) is 4.79 Å². The average Bonchev–Trinajstić information content (AvgIpc) is 2.75. The van der Waals surface area contributed by atoms with Crippen LogP contribution >= 0.6 is 0 Å². The summed E-state index contributed by atoms with van der Waals surface area (Å²) in [5.41, 5.74) is 0. The van der Waals surface area contributed by atoms with Gasteiger partial charge in [0, 0.05) is 0 Å². The Morgan fingerprint density at radius 2 is 1.19 bits per heavy atom. The number of unbranched alkanes of at least 4 members (excludes halogenated alkanes) is 15. The Labute approximate surface area is 194 Å². The molecule has 0 fully saturated rings. The van der Waals surface area contributed by atoms with Crippen LogP contribution < -0.4 is 0 Å². The number of allylic oxidation sites excluding steroid dienone is 1. The van der Waals surface area contributed by atoms with E-state index >= 15 is 0 Å². The Balaban J connectivity index is 4.06. The standard InChI is InChI=1S/C28H54O3/c1-5-7-9-11-13-15-16-18-20-22-24-27(31-28(29)30-25-26(3)4)23-21-19-17-14-12-10-8-6-2/h21,23,26-27H,5-20,22,24-25H2,1-4H3/b23-21+. The lowest BCUT2D eigenvalue weighted by molar-refractivity contribution is 0.0279. The first-order valence-electron chi connectivity index (χ1n) is 13.6. The van der Waals surface area contributed by atoms with Crippen LogP contribution in [-0.2, 0) is 9.47 Å². The summed E-state index contributed by atoms with van der Waals surface area (Å²) in [7, 11) is 0. The highest BCUT2D eigenvalue weighted by molar-refractivity contribution is 5.60. The van der Waals surface area contributed by atoms with Crippen LogP contribution in [-0.4, -0.2) is 18.9 Å². The molecule has 0 rings (SSSR count). The van der Waals surface area contributed by atoms with Gasteiger partial charge in [-0.2, -0.15) is 0 Å². The molecule has 0 aliphatic rings. The molecule has 0 saturated carbocycles. The van der Waals surface area contributed by atoms with Crippen molar-refractivity contribution in [3.63, 3.8) is 0 Å². The van der Waals surface area contributed by atoms with Gasteiger partial charge in [0.25, 0.3) is 0 Å². The molecule has 0 N–H and O–H groups in total. The van der Waals surface area contributed by atoms with Crippen molar-refractivity contribution < 1.29 is 14.3 Å². The van der Waals surface area contributed by atoms with Gasteiger partial charge in [0.1, 0.15) is 6.10 Å². The normalized spacial score (nSPS) is 12.5. The molecule has 0 spiro atoms. The second-order valence-electron chi connectivity index (χ2n) is 9.57. The van der Waals surface area contributed by atoms with Gasteiger partial charge >= 0.3 is 6.16 Å². The quantitative estimate of drug-likeness (QED) is 0.0958. The zero-order chi connectivity index (χ0) is 23.0. The van der Waals surface area contributed by atoms with Crippen LogP contribution in [0, 0.1) is 5.92 Å². The fourth-order valence-corrected chi connectivity index (χ4v) is 3.71. The van der Waals surface area contributed by atoms with Crippen molar-refractivity contribution >= 4 is 6.16 Å². The fraction of sp³-hybridized carbons (Fsp3) is 0.893. The summed E-state index contributed by atoms with van der Waals surface area (Å²) < 4.78 is 10.8. The first kappa shape index (κ1) is 30.0. The average molecular weight is 439 g/mol. The summed E-state index contributed by atoms with van der Waals surface area (Å²) in [5.74, 6) is 0.330. The van der Waals surface area contributed by atoms with E-state index in [0.29, 0.717) is 12.5 Å². The summed E-state index contributed by atoms with van der Waals surface area (Å²) in [4.78, 5) is 12.0. The van der Waals surface area contributed by atoms with Crippen LogP contribution in [0.4, 0.5) is 4.79 Å². The monoisotopic (exact) mass is 438 g/mol. The van der Waals surface area contributed by atoms with Crippen molar-refractivity contribution in [2.75, 3.05) is 6.61 Å². The molecule has 0 radical (unpaired) electrons. The first-order valence-corrected chi connectivity index (χ1v) is 13.6. The van der Waals surface area contributed by atoms with E-state index in [1.807, 2.05) is 13.8 Å². The lowest BCUT2D eigenvalue weighted by atomic mass is 10.0. The van der Waals surface area contributed by atoms with Crippen molar-refractivity contribution in [2.24, 2.45) is 5.92 Å². The smallest absolute Gasteiger partial charge is 0.434 e. The zero-order valence-corrected chi connectivity index (χ0v) is 21.5. The molecular formula is C28H54O3. The summed E-state index contributed by atoms with van der Waals surface area (Å²) in [5, 5.41) is 0. The maximum absolute atomic E-state index is 12.0. The molecular weight excluding hydrogens is 384 g/mol. The molecule has 3 heteroatoms. The lowest BCUT2D eigenvalue weighted by Gasteiger charge is -2.15. The highest BCUT2D eigenvalue weighted by atomic mass is 16.7. The third-order valence-electron chi connectivity index (χ3n) is 5.70. The van der Waals surface area contributed by atoms with E-state index < -0.39 is 6.16 Å². The molecule has 0 saturated heterocycles. The van der Waals surface area contributed by atoms with Crippen molar-refractivity contribution in [1.29, 1.82) is 0 Å². The topological polar surface area (TPSA) is 35.5 Å². The van der Waals surface area contributed by atoms with E-state index in [4.69, 9.17) is 9.47 Å². The fourth-order valence-electron chi connectivity index (χ4n) is 3.71. The summed E-state index contributed by atoms with van der Waals surface area (Å²) in [6, 6.07) is 0. The number of ether oxygens (including phenoxy) is 2. The van der Waals surface area contributed by atoms with E-state index in [2.05, 4.69) is 26.0 Å². The van der Waals surface area contributed by atoms with Crippen LogP contribution in [0.5, 0.6) is 0 Å². The minimum Gasteiger partial charge on any atom is -0.434 e. The molecule has 3 nitrogen and oxygen atoms in total. The molecule has 0 bridgehead atoms. The third kappa shape index (κ3) is 23.5. The van der Waals surface area contributed by atoms with Gasteiger partial charge in [0.15, 0.2) is 0 Å². The maximum atomic E-state index is 12.0. The number of carbonyl (C=O) groups is 1. The van der Waals surface area contributed by atoms with Gasteiger partial charge in [-0.1, -0.05) is 124 Å². The number of carbonyl (C=O) groups excluding carboxylic acids is 1. The van der Waals surface area contributed by atoms with E-state index in [1.165, 1.54) is 96.3 Å². The largest absolute Gasteiger partial charge is 0.508 e. The lowest BCUT2D eigenvalue weighted by Crippen LogP contribution is -2.19. The van der Waals surface area contributed by atoms with Gasteiger partial charge in [-0.15, -0.1) is 0 Å². The minimum atomic E-state index is -0.519. The van der Waals surface area contributed by atoms with Crippen molar-refractivity contribution in [2.45, 2.75) is 149 Å². The van der Waals surface area contributed by atoms with Gasteiger partial charge in [0.2, 0.25) is 0 Å². The highest BCUT2D eigenvalue weighted by Gasteiger charge is 2.13. The SMILES string of the molecule is CCCCCCCC/C=C/C(CCCCCCCCCCCC)OC(=O)OCC(C)C. The van der Waals surface area contributed by atoms with Crippen LogP contribution in [0.2, 0.25) is 0 Å². The summed E-state index contributed by atoms with van der Waals surface area (Å²) >= 11 is 0. The maximum Gasteiger partial charge on any atom is 0.508 e. The number of rotatable bonds is 22. The van der Waals surface area contributed by atoms with Crippen molar-refractivity contribution in [1.82, 2.24) is 0 Å².